The molecule has 12 heavy (non-hydrogen) atoms. The Kier molecular flexibility index (Phi) is 2.57. The average Bonchev–Trinajstić information content (AvgIpc) is 2.05. The van der Waals surface area contributed by atoms with Gasteiger partial charge in [-0.15, -0.1) is 0 Å². The zero-order chi connectivity index (χ0) is 8.97. The van der Waals surface area contributed by atoms with Gasteiger partial charge in [-0.3, -0.25) is 15.1 Å². The number of rotatable bonds is 3. The van der Waals surface area contributed by atoms with Crippen molar-refractivity contribution in [1.82, 2.24) is 4.98 Å². The molecule has 0 fully saturated rings. The van der Waals surface area contributed by atoms with Crippen molar-refractivity contribution in [3.63, 3.8) is 0 Å². The molecule has 1 aromatic rings. The van der Waals surface area contributed by atoms with Gasteiger partial charge in [-0.1, -0.05) is 0 Å². The van der Waals surface area contributed by atoms with Crippen LogP contribution in [-0.4, -0.2) is 16.5 Å². The van der Waals surface area contributed by atoms with E-state index >= 15 is 0 Å². The summed E-state index contributed by atoms with van der Waals surface area (Å²) in [5.74, 6) is 0.213. The van der Waals surface area contributed by atoms with Gasteiger partial charge in [-0.25, -0.2) is 0 Å². The van der Waals surface area contributed by atoms with Gasteiger partial charge in [0, 0.05) is 12.3 Å². The number of nitro groups is 1. The molecule has 5 nitrogen and oxygen atoms in total. The molecule has 64 valence electrons. The molecule has 0 unspecified atom stereocenters. The van der Waals surface area contributed by atoms with Crippen molar-refractivity contribution in [2.45, 2.75) is 6.92 Å². The van der Waals surface area contributed by atoms with E-state index in [0.29, 0.717) is 6.61 Å². The minimum absolute atomic E-state index is 0.0492. The van der Waals surface area contributed by atoms with Gasteiger partial charge in [0.15, 0.2) is 0 Å². The summed E-state index contributed by atoms with van der Waals surface area (Å²) in [4.78, 5) is 13.6. The van der Waals surface area contributed by atoms with Crippen LogP contribution in [0.4, 0.5) is 5.69 Å². The SMILES string of the molecule is CCOc1cnccc1[N+](=O)[O-]. The van der Waals surface area contributed by atoms with E-state index in [1.165, 1.54) is 18.5 Å². The molecule has 0 spiro atoms. The van der Waals surface area contributed by atoms with E-state index in [2.05, 4.69) is 4.98 Å². The molecular weight excluding hydrogens is 160 g/mol. The highest BCUT2D eigenvalue weighted by Crippen LogP contribution is 2.24. The van der Waals surface area contributed by atoms with Crippen molar-refractivity contribution in [3.8, 4) is 5.75 Å². The summed E-state index contributed by atoms with van der Waals surface area (Å²) in [5, 5.41) is 10.4. The maximum atomic E-state index is 10.4. The Morgan fingerprint density at radius 1 is 1.75 bits per heavy atom. The maximum absolute atomic E-state index is 10.4. The lowest BCUT2D eigenvalue weighted by Gasteiger charge is -2.01. The van der Waals surface area contributed by atoms with Crippen LogP contribution < -0.4 is 4.74 Å². The first-order valence-corrected chi connectivity index (χ1v) is 3.47. The maximum Gasteiger partial charge on any atom is 0.314 e. The van der Waals surface area contributed by atoms with Crippen molar-refractivity contribution < 1.29 is 9.66 Å². The van der Waals surface area contributed by atoms with Crippen LogP contribution >= 0.6 is 0 Å². The molecule has 5 heteroatoms. The first-order valence-electron chi connectivity index (χ1n) is 3.47. The van der Waals surface area contributed by atoms with Crippen LogP contribution in [0, 0.1) is 10.1 Å². The number of hydrogen-bond acceptors (Lipinski definition) is 4. The highest BCUT2D eigenvalue weighted by Gasteiger charge is 2.12. The topological polar surface area (TPSA) is 65.3 Å². The summed E-state index contributed by atoms with van der Waals surface area (Å²) in [6, 6.07) is 1.31. The highest BCUT2D eigenvalue weighted by molar-refractivity contribution is 5.43. The molecule has 1 aromatic heterocycles. The lowest BCUT2D eigenvalue weighted by molar-refractivity contribution is -0.385. The number of hydrogen-bond donors (Lipinski definition) is 0. The predicted octanol–water partition coefficient (Wildman–Crippen LogP) is 1.39. The van der Waals surface area contributed by atoms with Crippen molar-refractivity contribution in [3.05, 3.63) is 28.6 Å². The van der Waals surface area contributed by atoms with E-state index in [4.69, 9.17) is 4.74 Å². The number of aromatic nitrogens is 1. The smallest absolute Gasteiger partial charge is 0.314 e. The van der Waals surface area contributed by atoms with E-state index < -0.39 is 4.92 Å². The minimum atomic E-state index is -0.493. The second kappa shape index (κ2) is 3.66. The van der Waals surface area contributed by atoms with Gasteiger partial charge < -0.3 is 4.74 Å². The lowest BCUT2D eigenvalue weighted by atomic mass is 10.4. The van der Waals surface area contributed by atoms with Crippen LogP contribution in [0.1, 0.15) is 6.92 Å². The van der Waals surface area contributed by atoms with Crippen LogP contribution in [0.25, 0.3) is 0 Å². The molecule has 1 heterocycles. The van der Waals surface area contributed by atoms with Crippen LogP contribution in [0.3, 0.4) is 0 Å². The number of nitrogens with zero attached hydrogens (tertiary/aromatic N) is 2. The number of pyridine rings is 1. The van der Waals surface area contributed by atoms with E-state index in [-0.39, 0.29) is 11.4 Å². The molecule has 0 N–H and O–H groups in total. The molecular formula is C7H8N2O3. The summed E-state index contributed by atoms with van der Waals surface area (Å²) in [5.41, 5.74) is -0.0492. The molecule has 0 radical (unpaired) electrons. The van der Waals surface area contributed by atoms with Crippen LogP contribution in [-0.2, 0) is 0 Å². The standard InChI is InChI=1S/C7H8N2O3/c1-2-12-7-5-8-4-3-6(7)9(10)11/h3-5H,2H2,1H3. The normalized spacial score (nSPS) is 9.42. The first-order chi connectivity index (χ1) is 5.75. The first kappa shape index (κ1) is 8.45. The molecule has 0 saturated carbocycles. The third-order valence-corrected chi connectivity index (χ3v) is 1.26. The average molecular weight is 168 g/mol. The van der Waals surface area contributed by atoms with Crippen molar-refractivity contribution >= 4 is 5.69 Å². The Bertz CT molecular complexity index is 288. The Balaban J connectivity index is 3.00. The minimum Gasteiger partial charge on any atom is -0.486 e. The van der Waals surface area contributed by atoms with Gasteiger partial charge in [0.25, 0.3) is 0 Å². The summed E-state index contributed by atoms with van der Waals surface area (Å²) >= 11 is 0. The third kappa shape index (κ3) is 1.69. The largest absolute Gasteiger partial charge is 0.486 e. The Labute approximate surface area is 69.1 Å². The lowest BCUT2D eigenvalue weighted by Crippen LogP contribution is -1.97. The zero-order valence-corrected chi connectivity index (χ0v) is 6.56. The fourth-order valence-corrected chi connectivity index (χ4v) is 0.790. The molecule has 1 rings (SSSR count). The molecule has 0 aromatic carbocycles. The third-order valence-electron chi connectivity index (χ3n) is 1.26. The van der Waals surface area contributed by atoms with Gasteiger partial charge in [-0.05, 0) is 6.92 Å². The molecule has 0 aliphatic heterocycles. The molecule has 0 aliphatic rings. The fraction of sp³-hybridized carbons (Fsp3) is 0.286. The molecule has 0 bridgehead atoms. The quantitative estimate of drug-likeness (QED) is 0.505. The monoisotopic (exact) mass is 168 g/mol. The highest BCUT2D eigenvalue weighted by atomic mass is 16.6. The second-order valence-corrected chi connectivity index (χ2v) is 2.03. The molecule has 0 amide bonds. The Hall–Kier alpha value is -1.65. The van der Waals surface area contributed by atoms with Gasteiger partial charge >= 0.3 is 5.69 Å². The van der Waals surface area contributed by atoms with E-state index in [1.54, 1.807) is 6.92 Å². The van der Waals surface area contributed by atoms with E-state index in [9.17, 15) is 10.1 Å². The van der Waals surface area contributed by atoms with Crippen LogP contribution in [0.15, 0.2) is 18.5 Å². The van der Waals surface area contributed by atoms with Crippen LogP contribution in [0.5, 0.6) is 5.75 Å². The zero-order valence-electron chi connectivity index (χ0n) is 6.56. The van der Waals surface area contributed by atoms with Crippen molar-refractivity contribution in [2.75, 3.05) is 6.61 Å². The predicted molar refractivity (Wildman–Crippen MR) is 42.1 cm³/mol. The molecule has 0 saturated heterocycles. The fourth-order valence-electron chi connectivity index (χ4n) is 0.790. The summed E-state index contributed by atoms with van der Waals surface area (Å²) < 4.78 is 4.99. The number of ether oxygens (including phenoxy) is 1. The van der Waals surface area contributed by atoms with E-state index in [0.717, 1.165) is 0 Å². The molecule has 0 aliphatic carbocycles. The Morgan fingerprint density at radius 2 is 2.50 bits per heavy atom. The van der Waals surface area contributed by atoms with Crippen molar-refractivity contribution in [2.24, 2.45) is 0 Å². The Morgan fingerprint density at radius 3 is 3.08 bits per heavy atom. The summed E-state index contributed by atoms with van der Waals surface area (Å²) in [6.07, 6.45) is 2.70. The van der Waals surface area contributed by atoms with Crippen LogP contribution in [0.2, 0.25) is 0 Å². The van der Waals surface area contributed by atoms with Gasteiger partial charge in [0.1, 0.15) is 0 Å². The summed E-state index contributed by atoms with van der Waals surface area (Å²) in [6.45, 7) is 2.16. The molecule has 0 atom stereocenters. The van der Waals surface area contributed by atoms with Gasteiger partial charge in [-0.2, -0.15) is 0 Å². The second-order valence-electron chi connectivity index (χ2n) is 2.03. The van der Waals surface area contributed by atoms with Gasteiger partial charge in [0.2, 0.25) is 5.75 Å². The van der Waals surface area contributed by atoms with E-state index in [1.807, 2.05) is 0 Å². The van der Waals surface area contributed by atoms with Crippen molar-refractivity contribution in [1.29, 1.82) is 0 Å². The van der Waals surface area contributed by atoms with Gasteiger partial charge in [0.05, 0.1) is 17.7 Å². The summed E-state index contributed by atoms with van der Waals surface area (Å²) in [7, 11) is 0.